The van der Waals surface area contributed by atoms with Crippen molar-refractivity contribution in [1.29, 1.82) is 0 Å². The second kappa shape index (κ2) is 12.6. The molecule has 12 rings (SSSR count). The summed E-state index contributed by atoms with van der Waals surface area (Å²) >= 11 is 12.7. The van der Waals surface area contributed by atoms with Crippen molar-refractivity contribution in [3.63, 3.8) is 0 Å². The molecule has 2 unspecified atom stereocenters. The van der Waals surface area contributed by atoms with Crippen molar-refractivity contribution in [1.82, 2.24) is 0 Å². The normalized spacial score (nSPS) is 42.7. The first kappa shape index (κ1) is 37.0. The minimum absolute atomic E-state index is 0.00929. The summed E-state index contributed by atoms with van der Waals surface area (Å²) in [4.78, 5) is 63.3. The van der Waals surface area contributed by atoms with Crippen LogP contribution < -0.4 is 9.05 Å². The van der Waals surface area contributed by atoms with Crippen LogP contribution >= 0.6 is 38.8 Å². The average molecular weight is 832 g/mol. The molecule has 2 spiro atoms. The molecule has 18 heteroatoms. The van der Waals surface area contributed by atoms with Crippen LogP contribution in [0.25, 0.3) is 0 Å². The van der Waals surface area contributed by atoms with E-state index in [9.17, 15) is 28.7 Å². The van der Waals surface area contributed by atoms with Gasteiger partial charge in [0, 0.05) is 11.1 Å². The summed E-state index contributed by atoms with van der Waals surface area (Å²) in [6, 6.07) is 9.29. The van der Waals surface area contributed by atoms with E-state index in [1.807, 2.05) is 0 Å². The van der Waals surface area contributed by atoms with Crippen LogP contribution in [0.5, 0.6) is 11.5 Å². The molecule has 8 aliphatic carbocycles. The largest absolute Gasteiger partial charge is 0.524 e. The van der Waals surface area contributed by atoms with Gasteiger partial charge in [0.25, 0.3) is 11.6 Å². The molecule has 2 aromatic rings. The first-order chi connectivity index (χ1) is 25.6. The topological polar surface area (TPSA) is 189 Å². The lowest BCUT2D eigenvalue weighted by atomic mass is 9.47. The molecule has 10 aliphatic rings. The van der Waals surface area contributed by atoms with Crippen LogP contribution in [0.3, 0.4) is 0 Å². The van der Waals surface area contributed by atoms with Gasteiger partial charge in [-0.3, -0.25) is 19.6 Å². The van der Waals surface area contributed by atoms with Crippen LogP contribution in [0.15, 0.2) is 36.4 Å². The number of benzene rings is 2. The maximum absolute atomic E-state index is 11.9. The van der Waals surface area contributed by atoms with Gasteiger partial charge in [-0.25, -0.2) is 18.9 Å². The van der Waals surface area contributed by atoms with Gasteiger partial charge >= 0.3 is 15.6 Å². The lowest BCUT2D eigenvalue weighted by Gasteiger charge is -2.69. The van der Waals surface area contributed by atoms with E-state index >= 15 is 0 Å². The summed E-state index contributed by atoms with van der Waals surface area (Å²) in [7, 11) is -9.92. The third-order valence-electron chi connectivity index (χ3n) is 14.1. The van der Waals surface area contributed by atoms with Gasteiger partial charge in [-0.2, -0.15) is 9.78 Å². The van der Waals surface area contributed by atoms with E-state index in [4.69, 9.17) is 61.3 Å². The number of phosphoric ester groups is 2. The van der Waals surface area contributed by atoms with Crippen LogP contribution in [0.1, 0.15) is 75.3 Å². The Morgan fingerprint density at radius 3 is 1.17 bits per heavy atom. The summed E-state index contributed by atoms with van der Waals surface area (Å²) in [5, 5.41) is 0.0186. The van der Waals surface area contributed by atoms with Crippen molar-refractivity contribution in [3.05, 3.63) is 57.6 Å². The first-order valence-electron chi connectivity index (χ1n) is 18.7. The van der Waals surface area contributed by atoms with E-state index in [0.717, 1.165) is 51.4 Å². The molecule has 4 N–H and O–H groups in total. The Balaban J connectivity index is 0.993. The van der Waals surface area contributed by atoms with Crippen molar-refractivity contribution >= 4 is 38.8 Å². The lowest BCUT2D eigenvalue weighted by Crippen LogP contribution is -2.77. The highest BCUT2D eigenvalue weighted by molar-refractivity contribution is 7.47. The number of hydrogen-bond acceptors (Lipinski definition) is 10. The van der Waals surface area contributed by atoms with E-state index in [2.05, 4.69) is 0 Å². The van der Waals surface area contributed by atoms with Gasteiger partial charge in [-0.15, -0.1) is 0 Å². The minimum atomic E-state index is -4.96. The highest BCUT2D eigenvalue weighted by Crippen LogP contribution is 2.71. The van der Waals surface area contributed by atoms with E-state index in [0.29, 0.717) is 34.8 Å². The molecule has 0 radical (unpaired) electrons. The van der Waals surface area contributed by atoms with Gasteiger partial charge in [0.1, 0.15) is 0 Å². The van der Waals surface area contributed by atoms with Gasteiger partial charge in [0.15, 0.2) is 22.7 Å². The van der Waals surface area contributed by atoms with Gasteiger partial charge in [0.2, 0.25) is 0 Å². The third kappa shape index (κ3) is 5.44. The Morgan fingerprint density at radius 2 is 0.889 bits per heavy atom. The van der Waals surface area contributed by atoms with Crippen molar-refractivity contribution in [2.45, 2.75) is 87.0 Å². The summed E-state index contributed by atoms with van der Waals surface area (Å²) in [5.41, 5.74) is -0.841. The Kier molecular flexibility index (Phi) is 8.62. The van der Waals surface area contributed by atoms with Crippen LogP contribution in [-0.2, 0) is 49.7 Å². The van der Waals surface area contributed by atoms with E-state index in [-0.39, 0.29) is 58.4 Å². The average Bonchev–Trinajstić information content (AvgIpc) is 3.06. The number of ether oxygens (including phenoxy) is 2. The predicted molar refractivity (Wildman–Crippen MR) is 187 cm³/mol. The zero-order valence-corrected chi connectivity index (χ0v) is 32.4. The van der Waals surface area contributed by atoms with Gasteiger partial charge in [-0.05, 0) is 136 Å². The quantitative estimate of drug-likeness (QED) is 0.100. The molecule has 54 heavy (non-hydrogen) atoms. The van der Waals surface area contributed by atoms with Crippen LogP contribution in [0, 0.1) is 47.3 Å². The molecule has 0 amide bonds. The maximum Gasteiger partial charge on any atom is 0.524 e. The molecule has 2 heterocycles. The molecule has 2 saturated heterocycles. The molecule has 0 aromatic heterocycles. The number of rotatable bonds is 11. The number of phosphoric acid groups is 2. The summed E-state index contributed by atoms with van der Waals surface area (Å²) in [6.07, 6.45) is 10.0. The second-order valence-electron chi connectivity index (χ2n) is 16.9. The molecule has 2 aromatic carbocycles. The molecule has 8 bridgehead atoms. The maximum atomic E-state index is 11.9. The lowest BCUT2D eigenvalue weighted by molar-refractivity contribution is -0.655. The number of halogens is 2. The fourth-order valence-corrected chi connectivity index (χ4v) is 13.9. The Bertz CT molecular complexity index is 1760. The molecule has 294 valence electrons. The van der Waals surface area contributed by atoms with Crippen molar-refractivity contribution in [2.24, 2.45) is 47.3 Å². The van der Waals surface area contributed by atoms with Crippen molar-refractivity contribution in [3.8, 4) is 11.5 Å². The van der Waals surface area contributed by atoms with E-state index in [1.54, 1.807) is 12.1 Å². The fraction of sp³-hybridized carbons (Fsp3) is 0.667. The van der Waals surface area contributed by atoms with Crippen LogP contribution in [-0.4, -0.2) is 44.0 Å². The summed E-state index contributed by atoms with van der Waals surface area (Å²) in [6.45, 7) is -0.0637. The molecule has 8 saturated carbocycles. The Hall–Kier alpha value is -1.32. The zero-order chi connectivity index (χ0) is 37.5. The minimum Gasteiger partial charge on any atom is -0.403 e. The van der Waals surface area contributed by atoms with Gasteiger partial charge < -0.3 is 18.5 Å². The SMILES string of the molecule is O=P(O)(O)Oc1cc(C2(OCCOC3(c4ccc(Cl)c(OP(=O)(O)O)c4)OOC34C3CC5CC(C3)CC4C5)OOC23C2CC4CC(C2)CC3C4)ccc1Cl. The fourth-order valence-electron chi connectivity index (χ4n) is 12.7. The highest BCUT2D eigenvalue weighted by Gasteiger charge is 2.78. The summed E-state index contributed by atoms with van der Waals surface area (Å²) < 4.78 is 47.5. The third-order valence-corrected chi connectivity index (χ3v) is 15.6. The molecule has 2 aliphatic heterocycles. The smallest absolute Gasteiger partial charge is 0.403 e. The molecular formula is C36H42Cl2O14P2. The van der Waals surface area contributed by atoms with Gasteiger partial charge in [-0.1, -0.05) is 35.3 Å². The molecule has 14 nitrogen and oxygen atoms in total. The van der Waals surface area contributed by atoms with Crippen LogP contribution in [0.2, 0.25) is 10.0 Å². The van der Waals surface area contributed by atoms with E-state index < -0.39 is 38.4 Å². The van der Waals surface area contributed by atoms with Gasteiger partial charge in [0.05, 0.1) is 23.3 Å². The monoisotopic (exact) mass is 830 g/mol. The molecule has 2 atom stereocenters. The van der Waals surface area contributed by atoms with E-state index in [1.165, 1.54) is 37.1 Å². The first-order valence-corrected chi connectivity index (χ1v) is 22.6. The highest BCUT2D eigenvalue weighted by atomic mass is 35.5. The summed E-state index contributed by atoms with van der Waals surface area (Å²) in [5.74, 6) is -0.529. The van der Waals surface area contributed by atoms with Crippen molar-refractivity contribution < 1.29 is 66.8 Å². The molecule has 10 fully saturated rings. The number of hydrogen-bond donors (Lipinski definition) is 4. The zero-order valence-electron chi connectivity index (χ0n) is 29.1. The van der Waals surface area contributed by atoms with Crippen molar-refractivity contribution in [2.75, 3.05) is 13.2 Å². The predicted octanol–water partition coefficient (Wildman–Crippen LogP) is 7.29. The Labute approximate surface area is 321 Å². The Morgan fingerprint density at radius 1 is 0.556 bits per heavy atom. The van der Waals surface area contributed by atoms with Crippen LogP contribution in [0.4, 0.5) is 0 Å². The molecular weight excluding hydrogens is 789 g/mol. The second-order valence-corrected chi connectivity index (χ2v) is 20.1. The standard InChI is InChI=1S/C36H42Cl2O14P2/c37-29-3-1-23(17-31(29)47-53(39,40)41)35(33(49-51-35)25-9-19-7-20(11-25)12-26(33)10-19)45-5-6-46-36(24-2-4-30(38)32(18-24)48-54(42,43)44)34(50-52-36)27-13-21-8-22(15-27)16-28(34)14-21/h1-4,17-22,25-28H,5-16H2,(H2,39,40,41)(H2,42,43,44).